The van der Waals surface area contributed by atoms with Gasteiger partial charge in [0.1, 0.15) is 5.75 Å². The molecule has 0 atom stereocenters. The number of carbonyl (C=O) groups excluding carboxylic acids is 1. The third-order valence-corrected chi connectivity index (χ3v) is 3.96. The van der Waals surface area contributed by atoms with Crippen molar-refractivity contribution in [1.82, 2.24) is 10.9 Å². The number of ether oxygens (including phenoxy) is 1. The minimum absolute atomic E-state index is 0.197. The van der Waals surface area contributed by atoms with Gasteiger partial charge < -0.3 is 10.1 Å². The van der Waals surface area contributed by atoms with Crippen LogP contribution in [0.2, 0.25) is 0 Å². The highest BCUT2D eigenvalue weighted by Gasteiger charge is 2.05. The fourth-order valence-electron chi connectivity index (χ4n) is 2.20. The van der Waals surface area contributed by atoms with Crippen molar-refractivity contribution >= 4 is 28.9 Å². The Bertz CT molecular complexity index is 762. The van der Waals surface area contributed by atoms with Crippen LogP contribution in [0.3, 0.4) is 0 Å². The summed E-state index contributed by atoms with van der Waals surface area (Å²) in [5.74, 6) is 0.561. The minimum atomic E-state index is -0.197. The summed E-state index contributed by atoms with van der Waals surface area (Å²) in [6, 6.07) is 13.6. The van der Waals surface area contributed by atoms with Gasteiger partial charge in [-0.05, 0) is 67.9 Å². The SMILES string of the molecule is Cc1cccc(OCCC(=O)NNC(=S)Nc2cccc(C)c2C)c1. The lowest BCUT2D eigenvalue weighted by atomic mass is 10.1. The molecule has 0 heterocycles. The van der Waals surface area contributed by atoms with Gasteiger partial charge in [-0.2, -0.15) is 0 Å². The van der Waals surface area contributed by atoms with Crippen LogP contribution in [0.1, 0.15) is 23.1 Å². The first kappa shape index (κ1) is 18.7. The smallest absolute Gasteiger partial charge is 0.241 e. The maximum absolute atomic E-state index is 11.8. The Kier molecular flexibility index (Phi) is 6.77. The zero-order valence-corrected chi connectivity index (χ0v) is 15.5. The Morgan fingerprint density at radius 2 is 1.84 bits per heavy atom. The number of anilines is 1. The van der Waals surface area contributed by atoms with Gasteiger partial charge in [-0.25, -0.2) is 0 Å². The predicted molar refractivity (Wildman–Crippen MR) is 105 cm³/mol. The van der Waals surface area contributed by atoms with Crippen molar-refractivity contribution in [1.29, 1.82) is 0 Å². The topological polar surface area (TPSA) is 62.4 Å². The van der Waals surface area contributed by atoms with Crippen LogP contribution in [0.4, 0.5) is 5.69 Å². The van der Waals surface area contributed by atoms with Crippen LogP contribution in [0.25, 0.3) is 0 Å². The Labute approximate surface area is 153 Å². The monoisotopic (exact) mass is 357 g/mol. The van der Waals surface area contributed by atoms with Gasteiger partial charge in [0, 0.05) is 5.69 Å². The highest BCUT2D eigenvalue weighted by molar-refractivity contribution is 7.80. The quantitative estimate of drug-likeness (QED) is 0.565. The third-order valence-electron chi connectivity index (χ3n) is 3.76. The summed E-state index contributed by atoms with van der Waals surface area (Å²) in [7, 11) is 0. The first-order valence-corrected chi connectivity index (χ1v) is 8.48. The fraction of sp³-hybridized carbons (Fsp3) is 0.263. The van der Waals surface area contributed by atoms with E-state index in [0.717, 1.165) is 22.6 Å². The van der Waals surface area contributed by atoms with E-state index in [1.54, 1.807) is 0 Å². The van der Waals surface area contributed by atoms with E-state index >= 15 is 0 Å². The molecule has 0 fully saturated rings. The van der Waals surface area contributed by atoms with Gasteiger partial charge in [0.25, 0.3) is 0 Å². The summed E-state index contributed by atoms with van der Waals surface area (Å²) in [6.45, 7) is 6.34. The van der Waals surface area contributed by atoms with Gasteiger partial charge in [0.05, 0.1) is 13.0 Å². The molecule has 1 amide bonds. The number of amides is 1. The van der Waals surface area contributed by atoms with E-state index < -0.39 is 0 Å². The molecule has 0 unspecified atom stereocenters. The molecule has 2 aromatic carbocycles. The number of carbonyl (C=O) groups is 1. The molecule has 132 valence electrons. The molecule has 3 N–H and O–H groups in total. The van der Waals surface area contributed by atoms with Crippen molar-refractivity contribution in [3.05, 3.63) is 59.2 Å². The van der Waals surface area contributed by atoms with Crippen LogP contribution in [-0.4, -0.2) is 17.6 Å². The van der Waals surface area contributed by atoms with Crippen LogP contribution in [-0.2, 0) is 4.79 Å². The summed E-state index contributed by atoms with van der Waals surface area (Å²) < 4.78 is 5.55. The van der Waals surface area contributed by atoms with E-state index in [1.807, 2.05) is 63.2 Å². The van der Waals surface area contributed by atoms with E-state index in [2.05, 4.69) is 16.2 Å². The lowest BCUT2D eigenvalue weighted by molar-refractivity contribution is -0.122. The lowest BCUT2D eigenvalue weighted by Gasteiger charge is -2.14. The molecular weight excluding hydrogens is 334 g/mol. The number of nitrogens with one attached hydrogen (secondary N) is 3. The molecule has 25 heavy (non-hydrogen) atoms. The summed E-state index contributed by atoms with van der Waals surface area (Å²) in [4.78, 5) is 11.8. The Morgan fingerprint density at radius 1 is 1.08 bits per heavy atom. The highest BCUT2D eigenvalue weighted by atomic mass is 32.1. The molecule has 6 heteroatoms. The number of hydrazine groups is 1. The standard InChI is InChI=1S/C19H23N3O2S/c1-13-6-4-8-16(12-13)24-11-10-18(23)21-22-19(25)20-17-9-5-7-14(2)15(17)3/h4-9,12H,10-11H2,1-3H3,(H,21,23)(H2,20,22,25). The second-order valence-electron chi connectivity index (χ2n) is 5.79. The number of hydrogen-bond acceptors (Lipinski definition) is 3. The number of thiocarbonyl (C=S) groups is 1. The molecule has 2 rings (SSSR count). The Hall–Kier alpha value is -2.60. The van der Waals surface area contributed by atoms with Crippen LogP contribution < -0.4 is 20.9 Å². The van der Waals surface area contributed by atoms with Crippen LogP contribution in [0, 0.1) is 20.8 Å². The lowest BCUT2D eigenvalue weighted by Crippen LogP contribution is -2.44. The zero-order chi connectivity index (χ0) is 18.2. The molecule has 0 aromatic heterocycles. The number of benzene rings is 2. The highest BCUT2D eigenvalue weighted by Crippen LogP contribution is 2.17. The first-order valence-electron chi connectivity index (χ1n) is 8.07. The molecule has 0 saturated carbocycles. The minimum Gasteiger partial charge on any atom is -0.493 e. The van der Waals surface area contributed by atoms with E-state index in [9.17, 15) is 4.79 Å². The number of rotatable bonds is 5. The van der Waals surface area contributed by atoms with Crippen molar-refractivity contribution in [3.8, 4) is 5.75 Å². The molecular formula is C19H23N3O2S. The van der Waals surface area contributed by atoms with Crippen molar-refractivity contribution in [2.75, 3.05) is 11.9 Å². The van der Waals surface area contributed by atoms with Crippen molar-refractivity contribution in [2.45, 2.75) is 27.2 Å². The average molecular weight is 357 g/mol. The van der Waals surface area contributed by atoms with E-state index in [0.29, 0.717) is 11.7 Å². The number of hydrogen-bond donors (Lipinski definition) is 3. The zero-order valence-electron chi connectivity index (χ0n) is 14.7. The second-order valence-corrected chi connectivity index (χ2v) is 6.20. The maximum atomic E-state index is 11.8. The normalized spacial score (nSPS) is 10.0. The van der Waals surface area contributed by atoms with E-state index in [4.69, 9.17) is 17.0 Å². The molecule has 0 spiro atoms. The van der Waals surface area contributed by atoms with Crippen molar-refractivity contribution in [3.63, 3.8) is 0 Å². The number of aryl methyl sites for hydroxylation is 2. The average Bonchev–Trinajstić information content (AvgIpc) is 2.57. The van der Waals surface area contributed by atoms with Crippen LogP contribution in [0.15, 0.2) is 42.5 Å². The maximum Gasteiger partial charge on any atom is 0.241 e. The second kappa shape index (κ2) is 9.03. The van der Waals surface area contributed by atoms with Gasteiger partial charge in [-0.15, -0.1) is 0 Å². The Balaban J connectivity index is 1.70. The summed E-state index contributed by atoms with van der Waals surface area (Å²) in [5.41, 5.74) is 9.58. The van der Waals surface area contributed by atoms with Gasteiger partial charge in [0.15, 0.2) is 5.11 Å². The largest absolute Gasteiger partial charge is 0.493 e. The van der Waals surface area contributed by atoms with Gasteiger partial charge >= 0.3 is 0 Å². The fourth-order valence-corrected chi connectivity index (χ4v) is 2.36. The molecule has 0 radical (unpaired) electrons. The molecule has 2 aromatic rings. The van der Waals surface area contributed by atoms with Gasteiger partial charge in [0.2, 0.25) is 5.91 Å². The third kappa shape index (κ3) is 6.08. The van der Waals surface area contributed by atoms with Gasteiger partial charge in [-0.1, -0.05) is 24.3 Å². The Morgan fingerprint density at radius 3 is 2.60 bits per heavy atom. The van der Waals surface area contributed by atoms with Crippen molar-refractivity contribution < 1.29 is 9.53 Å². The van der Waals surface area contributed by atoms with Crippen LogP contribution >= 0.6 is 12.2 Å². The predicted octanol–water partition coefficient (Wildman–Crippen LogP) is 3.40. The summed E-state index contributed by atoms with van der Waals surface area (Å²) >= 11 is 5.19. The van der Waals surface area contributed by atoms with E-state index in [-0.39, 0.29) is 12.3 Å². The first-order chi connectivity index (χ1) is 12.0. The molecule has 5 nitrogen and oxygen atoms in total. The molecule has 0 aliphatic heterocycles. The summed E-state index contributed by atoms with van der Waals surface area (Å²) in [6.07, 6.45) is 0.229. The summed E-state index contributed by atoms with van der Waals surface area (Å²) in [5, 5.41) is 3.40. The van der Waals surface area contributed by atoms with Gasteiger partial charge in [-0.3, -0.25) is 15.6 Å². The molecule has 0 saturated heterocycles. The molecule has 0 aliphatic carbocycles. The van der Waals surface area contributed by atoms with Crippen LogP contribution in [0.5, 0.6) is 5.75 Å². The van der Waals surface area contributed by atoms with E-state index in [1.165, 1.54) is 5.56 Å². The molecule has 0 bridgehead atoms. The van der Waals surface area contributed by atoms with Crippen molar-refractivity contribution in [2.24, 2.45) is 0 Å². The molecule has 0 aliphatic rings.